The van der Waals surface area contributed by atoms with E-state index in [1.807, 2.05) is 0 Å². The van der Waals surface area contributed by atoms with Gasteiger partial charge < -0.3 is 4.74 Å². The highest BCUT2D eigenvalue weighted by Crippen LogP contribution is 2.21. The first-order valence-corrected chi connectivity index (χ1v) is 7.05. The number of H-pyrrole nitrogens is 1. The van der Waals surface area contributed by atoms with Crippen LogP contribution in [0.4, 0.5) is 0 Å². The Hall–Kier alpha value is -2.10. The van der Waals surface area contributed by atoms with Gasteiger partial charge in [-0.2, -0.15) is 5.10 Å². The van der Waals surface area contributed by atoms with E-state index in [1.54, 1.807) is 38.3 Å². The first-order chi connectivity index (χ1) is 10.0. The van der Waals surface area contributed by atoms with Crippen molar-refractivity contribution in [1.29, 1.82) is 0 Å². The van der Waals surface area contributed by atoms with Gasteiger partial charge in [0.2, 0.25) is 0 Å². The van der Waals surface area contributed by atoms with Crippen molar-refractivity contribution in [3.05, 3.63) is 44.8 Å². The van der Waals surface area contributed by atoms with E-state index in [1.165, 1.54) is 0 Å². The summed E-state index contributed by atoms with van der Waals surface area (Å²) in [7, 11) is 1.56. The Morgan fingerprint density at radius 2 is 1.95 bits per heavy atom. The van der Waals surface area contributed by atoms with Gasteiger partial charge in [-0.05, 0) is 53.8 Å². The highest BCUT2D eigenvalue weighted by atomic mass is 127. The van der Waals surface area contributed by atoms with Gasteiger partial charge in [0.1, 0.15) is 5.75 Å². The SMILES string of the molecule is COc1ccc(C(=O)NNC(=O)c2cc(C)[nH]n2)cc1I. The molecule has 0 unspecified atom stereocenters. The van der Waals surface area contributed by atoms with E-state index in [-0.39, 0.29) is 5.69 Å². The minimum absolute atomic E-state index is 0.206. The van der Waals surface area contributed by atoms with Crippen molar-refractivity contribution in [2.24, 2.45) is 0 Å². The Kier molecular flexibility index (Phi) is 4.78. The molecule has 0 saturated carbocycles. The van der Waals surface area contributed by atoms with Crippen LogP contribution >= 0.6 is 22.6 Å². The number of carbonyl (C=O) groups excluding carboxylic acids is 2. The number of hydrogen-bond donors (Lipinski definition) is 3. The lowest BCUT2D eigenvalue weighted by Crippen LogP contribution is -2.41. The van der Waals surface area contributed by atoms with Crippen LogP contribution in [-0.2, 0) is 0 Å². The number of hydrazine groups is 1. The van der Waals surface area contributed by atoms with Gasteiger partial charge in [0.25, 0.3) is 11.8 Å². The second-order valence-electron chi connectivity index (χ2n) is 4.19. The van der Waals surface area contributed by atoms with Gasteiger partial charge in [-0.15, -0.1) is 0 Å². The zero-order valence-corrected chi connectivity index (χ0v) is 13.5. The molecule has 2 aromatic rings. The second-order valence-corrected chi connectivity index (χ2v) is 5.36. The van der Waals surface area contributed by atoms with E-state index >= 15 is 0 Å². The Labute approximate surface area is 134 Å². The molecular formula is C13H13IN4O3. The maximum atomic E-state index is 11.9. The average Bonchev–Trinajstić information content (AvgIpc) is 2.91. The molecule has 21 heavy (non-hydrogen) atoms. The molecule has 2 rings (SSSR count). The number of benzene rings is 1. The molecule has 1 heterocycles. The molecule has 0 spiro atoms. The average molecular weight is 400 g/mol. The minimum Gasteiger partial charge on any atom is -0.496 e. The number of methoxy groups -OCH3 is 1. The van der Waals surface area contributed by atoms with Crippen LogP contribution < -0.4 is 15.6 Å². The molecule has 2 amide bonds. The molecule has 0 radical (unpaired) electrons. The van der Waals surface area contributed by atoms with Gasteiger partial charge in [0.15, 0.2) is 5.69 Å². The molecule has 0 atom stereocenters. The number of aryl methyl sites for hydroxylation is 1. The molecule has 1 aromatic carbocycles. The van der Waals surface area contributed by atoms with Crippen molar-refractivity contribution < 1.29 is 14.3 Å². The minimum atomic E-state index is -0.490. The summed E-state index contributed by atoms with van der Waals surface area (Å²) in [5.74, 6) is -0.227. The van der Waals surface area contributed by atoms with Gasteiger partial charge in [0.05, 0.1) is 10.7 Å². The van der Waals surface area contributed by atoms with Gasteiger partial charge in [0, 0.05) is 11.3 Å². The molecule has 0 bridgehead atoms. The lowest BCUT2D eigenvalue weighted by molar-refractivity contribution is 0.0844. The lowest BCUT2D eigenvalue weighted by atomic mass is 10.2. The van der Waals surface area contributed by atoms with E-state index in [0.29, 0.717) is 11.3 Å². The molecule has 7 nitrogen and oxygen atoms in total. The number of aromatic amines is 1. The highest BCUT2D eigenvalue weighted by molar-refractivity contribution is 14.1. The Morgan fingerprint density at radius 3 is 2.52 bits per heavy atom. The fraction of sp³-hybridized carbons (Fsp3) is 0.154. The van der Waals surface area contributed by atoms with Crippen LogP contribution in [0.5, 0.6) is 5.75 Å². The third-order valence-electron chi connectivity index (χ3n) is 2.64. The Balaban J connectivity index is 1.98. The van der Waals surface area contributed by atoms with Crippen molar-refractivity contribution in [1.82, 2.24) is 21.0 Å². The standard InChI is InChI=1S/C13H13IN4O3/c1-7-5-10(16-15-7)13(20)18-17-12(19)8-3-4-11(21-2)9(14)6-8/h3-6H,1-2H3,(H,15,16)(H,17,19)(H,18,20). The highest BCUT2D eigenvalue weighted by Gasteiger charge is 2.12. The number of aromatic nitrogens is 2. The van der Waals surface area contributed by atoms with Crippen molar-refractivity contribution >= 4 is 34.4 Å². The largest absolute Gasteiger partial charge is 0.496 e. The van der Waals surface area contributed by atoms with Crippen LogP contribution in [-0.4, -0.2) is 29.1 Å². The van der Waals surface area contributed by atoms with E-state index in [4.69, 9.17) is 4.74 Å². The Bertz CT molecular complexity index is 684. The summed E-state index contributed by atoms with van der Waals surface area (Å²) < 4.78 is 5.92. The van der Waals surface area contributed by atoms with E-state index in [9.17, 15) is 9.59 Å². The lowest BCUT2D eigenvalue weighted by Gasteiger charge is -2.08. The van der Waals surface area contributed by atoms with Crippen molar-refractivity contribution in [2.75, 3.05) is 7.11 Å². The maximum Gasteiger partial charge on any atom is 0.290 e. The summed E-state index contributed by atoms with van der Waals surface area (Å²) in [5, 5.41) is 6.45. The van der Waals surface area contributed by atoms with Crippen molar-refractivity contribution in [2.45, 2.75) is 6.92 Å². The zero-order chi connectivity index (χ0) is 15.4. The molecule has 0 fully saturated rings. The normalized spacial score (nSPS) is 10.0. The fourth-order valence-corrected chi connectivity index (χ4v) is 2.33. The summed E-state index contributed by atoms with van der Waals surface area (Å²) in [6.45, 7) is 1.78. The number of hydrogen-bond acceptors (Lipinski definition) is 4. The van der Waals surface area contributed by atoms with Gasteiger partial charge in [-0.25, -0.2) is 0 Å². The fourth-order valence-electron chi connectivity index (χ4n) is 1.59. The molecule has 3 N–H and O–H groups in total. The van der Waals surface area contributed by atoms with Crippen LogP contribution in [0.2, 0.25) is 0 Å². The number of amides is 2. The van der Waals surface area contributed by atoms with Gasteiger partial charge >= 0.3 is 0 Å². The summed E-state index contributed by atoms with van der Waals surface area (Å²) in [6, 6.07) is 6.55. The van der Waals surface area contributed by atoms with Crippen LogP contribution in [0.25, 0.3) is 0 Å². The molecule has 8 heteroatoms. The quantitative estimate of drug-likeness (QED) is 0.536. The van der Waals surface area contributed by atoms with E-state index < -0.39 is 11.8 Å². The predicted octanol–water partition coefficient (Wildman–Crippen LogP) is 1.41. The first kappa shape index (κ1) is 15.3. The smallest absolute Gasteiger partial charge is 0.290 e. The van der Waals surface area contributed by atoms with Crippen molar-refractivity contribution in [3.8, 4) is 5.75 Å². The van der Waals surface area contributed by atoms with Crippen LogP contribution in [0.1, 0.15) is 26.5 Å². The molecule has 1 aromatic heterocycles. The summed E-state index contributed by atoms with van der Waals surface area (Å²) in [6.07, 6.45) is 0. The first-order valence-electron chi connectivity index (χ1n) is 5.97. The van der Waals surface area contributed by atoms with Gasteiger partial charge in [-0.1, -0.05) is 0 Å². The number of nitrogens with one attached hydrogen (secondary N) is 3. The number of ether oxygens (including phenoxy) is 1. The van der Waals surface area contributed by atoms with Crippen molar-refractivity contribution in [3.63, 3.8) is 0 Å². The number of halogens is 1. The van der Waals surface area contributed by atoms with Crippen LogP contribution in [0.15, 0.2) is 24.3 Å². The Morgan fingerprint density at radius 1 is 1.24 bits per heavy atom. The topological polar surface area (TPSA) is 96.1 Å². The summed E-state index contributed by atoms with van der Waals surface area (Å²) in [4.78, 5) is 23.7. The molecule has 0 aliphatic carbocycles. The van der Waals surface area contributed by atoms with Gasteiger partial charge in [-0.3, -0.25) is 25.5 Å². The molecule has 110 valence electrons. The number of nitrogens with zero attached hydrogens (tertiary/aromatic N) is 1. The predicted molar refractivity (Wildman–Crippen MR) is 84.0 cm³/mol. The van der Waals surface area contributed by atoms with Crippen LogP contribution in [0, 0.1) is 10.5 Å². The van der Waals surface area contributed by atoms with E-state index in [2.05, 4.69) is 43.6 Å². The molecule has 0 aliphatic rings. The second kappa shape index (κ2) is 6.57. The third kappa shape index (κ3) is 3.72. The number of carbonyl (C=O) groups is 2. The van der Waals surface area contributed by atoms with E-state index in [0.717, 1.165) is 9.26 Å². The van der Waals surface area contributed by atoms with Crippen LogP contribution in [0.3, 0.4) is 0 Å². The summed E-state index contributed by atoms with van der Waals surface area (Å²) >= 11 is 2.07. The monoisotopic (exact) mass is 400 g/mol. The number of rotatable bonds is 3. The zero-order valence-electron chi connectivity index (χ0n) is 11.4. The maximum absolute atomic E-state index is 11.9. The molecule has 0 aliphatic heterocycles. The third-order valence-corrected chi connectivity index (χ3v) is 3.49. The molecular weight excluding hydrogens is 387 g/mol. The molecule has 0 saturated heterocycles. The summed E-state index contributed by atoms with van der Waals surface area (Å²) in [5.41, 5.74) is 6.02.